The normalized spacial score (nSPS) is 16.7. The highest BCUT2D eigenvalue weighted by Crippen LogP contribution is 2.40. The molecule has 0 spiro atoms. The van der Waals surface area contributed by atoms with Gasteiger partial charge in [-0.25, -0.2) is 0 Å². The molecule has 1 atom stereocenters. The Hall–Kier alpha value is -2.20. The van der Waals surface area contributed by atoms with Gasteiger partial charge in [0.25, 0.3) is 0 Å². The zero-order chi connectivity index (χ0) is 16.4. The number of rotatable bonds is 4. The maximum absolute atomic E-state index is 9.44. The molecule has 23 heavy (non-hydrogen) atoms. The molecular weight excluding hydrogens is 290 g/mol. The maximum Gasteiger partial charge on any atom is 0.163 e. The van der Waals surface area contributed by atoms with E-state index < -0.39 is 0 Å². The molecule has 2 N–H and O–H groups in total. The number of aromatic hydroxyl groups is 1. The smallest absolute Gasteiger partial charge is 0.163 e. The van der Waals surface area contributed by atoms with Crippen LogP contribution in [0, 0.1) is 6.92 Å². The monoisotopic (exact) mass is 313 g/mol. The third kappa shape index (κ3) is 2.99. The van der Waals surface area contributed by atoms with E-state index in [1.807, 2.05) is 12.1 Å². The van der Waals surface area contributed by atoms with Gasteiger partial charge in [-0.15, -0.1) is 0 Å². The Balaban J connectivity index is 1.99. The van der Waals surface area contributed by atoms with Gasteiger partial charge < -0.3 is 19.9 Å². The predicted octanol–water partition coefficient (Wildman–Crippen LogP) is 3.15. The lowest BCUT2D eigenvalue weighted by atomic mass is 9.86. The van der Waals surface area contributed by atoms with E-state index in [1.165, 1.54) is 16.7 Å². The van der Waals surface area contributed by atoms with Gasteiger partial charge in [0.2, 0.25) is 0 Å². The van der Waals surface area contributed by atoms with Crippen LogP contribution in [-0.2, 0) is 12.8 Å². The molecule has 0 radical (unpaired) electrons. The van der Waals surface area contributed by atoms with Crippen molar-refractivity contribution in [2.45, 2.75) is 25.8 Å². The van der Waals surface area contributed by atoms with Gasteiger partial charge in [-0.2, -0.15) is 0 Å². The molecule has 0 bridgehead atoms. The standard InChI is InChI=1S/C19H23NO3/c1-12-18-14(11-17(22-2)19(12)23-3)8-9-20-16(18)10-13-4-6-15(21)7-5-13/h4-7,11,16,20-21H,8-10H2,1-3H3. The highest BCUT2D eigenvalue weighted by Gasteiger charge is 2.26. The minimum absolute atomic E-state index is 0.239. The molecule has 3 rings (SSSR count). The first-order valence-electron chi connectivity index (χ1n) is 7.89. The van der Waals surface area contributed by atoms with Gasteiger partial charge in [-0.05, 0) is 66.8 Å². The van der Waals surface area contributed by atoms with Crippen molar-refractivity contribution >= 4 is 0 Å². The lowest BCUT2D eigenvalue weighted by Gasteiger charge is -2.30. The van der Waals surface area contributed by atoms with Crippen molar-refractivity contribution in [2.24, 2.45) is 0 Å². The summed E-state index contributed by atoms with van der Waals surface area (Å²) in [5.41, 5.74) is 4.96. The van der Waals surface area contributed by atoms with Crippen LogP contribution in [0.15, 0.2) is 30.3 Å². The Bertz CT molecular complexity index is 695. The van der Waals surface area contributed by atoms with Crippen molar-refractivity contribution in [3.8, 4) is 17.2 Å². The molecular formula is C19H23NO3. The molecule has 0 saturated heterocycles. The van der Waals surface area contributed by atoms with Crippen LogP contribution in [0.1, 0.15) is 28.3 Å². The Kier molecular flexibility index (Phi) is 4.44. The van der Waals surface area contributed by atoms with Crippen molar-refractivity contribution in [2.75, 3.05) is 20.8 Å². The average molecular weight is 313 g/mol. The van der Waals surface area contributed by atoms with Gasteiger partial charge in [0, 0.05) is 6.04 Å². The summed E-state index contributed by atoms with van der Waals surface area (Å²) in [6.07, 6.45) is 1.87. The number of ether oxygens (including phenoxy) is 2. The first kappa shape index (κ1) is 15.7. The molecule has 4 nitrogen and oxygen atoms in total. The Labute approximate surface area is 137 Å². The topological polar surface area (TPSA) is 50.7 Å². The van der Waals surface area contributed by atoms with Crippen molar-refractivity contribution in [3.63, 3.8) is 0 Å². The summed E-state index contributed by atoms with van der Waals surface area (Å²) in [4.78, 5) is 0. The van der Waals surface area contributed by atoms with Crippen molar-refractivity contribution in [1.82, 2.24) is 5.32 Å². The first-order chi connectivity index (χ1) is 11.1. The van der Waals surface area contributed by atoms with Crippen LogP contribution in [-0.4, -0.2) is 25.9 Å². The van der Waals surface area contributed by atoms with Gasteiger partial charge in [-0.1, -0.05) is 12.1 Å². The number of hydrogen-bond donors (Lipinski definition) is 2. The minimum atomic E-state index is 0.239. The fourth-order valence-electron chi connectivity index (χ4n) is 3.47. The summed E-state index contributed by atoms with van der Waals surface area (Å²) in [5, 5.41) is 13.1. The molecule has 0 aromatic heterocycles. The molecule has 2 aromatic rings. The average Bonchev–Trinajstić information content (AvgIpc) is 2.56. The van der Waals surface area contributed by atoms with E-state index in [0.717, 1.165) is 36.4 Å². The Morgan fingerprint density at radius 2 is 1.91 bits per heavy atom. The zero-order valence-electron chi connectivity index (χ0n) is 13.8. The first-order valence-corrected chi connectivity index (χ1v) is 7.89. The Morgan fingerprint density at radius 1 is 1.17 bits per heavy atom. The minimum Gasteiger partial charge on any atom is -0.508 e. The summed E-state index contributed by atoms with van der Waals surface area (Å²) >= 11 is 0. The van der Waals surface area contributed by atoms with E-state index in [2.05, 4.69) is 18.3 Å². The van der Waals surface area contributed by atoms with E-state index in [0.29, 0.717) is 5.75 Å². The predicted molar refractivity (Wildman–Crippen MR) is 90.5 cm³/mol. The van der Waals surface area contributed by atoms with Crippen LogP contribution >= 0.6 is 0 Å². The van der Waals surface area contributed by atoms with Crippen molar-refractivity contribution < 1.29 is 14.6 Å². The second-order valence-electron chi connectivity index (χ2n) is 5.94. The fraction of sp³-hybridized carbons (Fsp3) is 0.368. The number of phenolic OH excluding ortho intramolecular Hbond substituents is 1. The number of methoxy groups -OCH3 is 2. The lowest BCUT2D eigenvalue weighted by Crippen LogP contribution is -2.32. The molecule has 0 fully saturated rings. The third-order valence-electron chi connectivity index (χ3n) is 4.55. The number of nitrogens with one attached hydrogen (secondary N) is 1. The second-order valence-corrected chi connectivity index (χ2v) is 5.94. The zero-order valence-corrected chi connectivity index (χ0v) is 13.8. The quantitative estimate of drug-likeness (QED) is 0.910. The van der Waals surface area contributed by atoms with E-state index in [1.54, 1.807) is 26.4 Å². The van der Waals surface area contributed by atoms with E-state index in [9.17, 15) is 5.11 Å². The summed E-state index contributed by atoms with van der Waals surface area (Å²) in [6, 6.07) is 9.76. The van der Waals surface area contributed by atoms with Crippen LogP contribution < -0.4 is 14.8 Å². The number of benzene rings is 2. The second kappa shape index (κ2) is 6.50. The third-order valence-corrected chi connectivity index (χ3v) is 4.55. The molecule has 0 aliphatic carbocycles. The summed E-state index contributed by atoms with van der Waals surface area (Å²) in [5.74, 6) is 1.91. The van der Waals surface area contributed by atoms with Crippen LogP contribution in [0.3, 0.4) is 0 Å². The number of fused-ring (bicyclic) bond motifs is 1. The molecule has 0 saturated carbocycles. The molecule has 122 valence electrons. The van der Waals surface area contributed by atoms with Crippen LogP contribution in [0.5, 0.6) is 17.2 Å². The molecule has 1 aliphatic rings. The molecule has 4 heteroatoms. The maximum atomic E-state index is 9.44. The summed E-state index contributed by atoms with van der Waals surface area (Å²) < 4.78 is 11.0. The van der Waals surface area contributed by atoms with Gasteiger partial charge in [0.15, 0.2) is 11.5 Å². The highest BCUT2D eigenvalue weighted by atomic mass is 16.5. The van der Waals surface area contributed by atoms with Gasteiger partial charge in [0.05, 0.1) is 14.2 Å². The van der Waals surface area contributed by atoms with Crippen molar-refractivity contribution in [3.05, 3.63) is 52.6 Å². The van der Waals surface area contributed by atoms with Gasteiger partial charge in [-0.3, -0.25) is 0 Å². The fourth-order valence-corrected chi connectivity index (χ4v) is 3.47. The molecule has 1 heterocycles. The van der Waals surface area contributed by atoms with Crippen LogP contribution in [0.4, 0.5) is 0 Å². The van der Waals surface area contributed by atoms with E-state index >= 15 is 0 Å². The Morgan fingerprint density at radius 3 is 2.57 bits per heavy atom. The molecule has 0 amide bonds. The lowest BCUT2D eigenvalue weighted by molar-refractivity contribution is 0.349. The summed E-state index contributed by atoms with van der Waals surface area (Å²) in [6.45, 7) is 3.04. The molecule has 2 aromatic carbocycles. The summed E-state index contributed by atoms with van der Waals surface area (Å²) in [7, 11) is 3.36. The highest BCUT2D eigenvalue weighted by molar-refractivity contribution is 5.56. The van der Waals surface area contributed by atoms with Gasteiger partial charge >= 0.3 is 0 Å². The largest absolute Gasteiger partial charge is 0.508 e. The SMILES string of the molecule is COc1cc2c(c(C)c1OC)C(Cc1ccc(O)cc1)NCC2. The van der Waals surface area contributed by atoms with E-state index in [-0.39, 0.29) is 6.04 Å². The van der Waals surface area contributed by atoms with Crippen LogP contribution in [0.25, 0.3) is 0 Å². The number of hydrogen-bond acceptors (Lipinski definition) is 4. The van der Waals surface area contributed by atoms with Crippen LogP contribution in [0.2, 0.25) is 0 Å². The molecule has 1 aliphatic heterocycles. The molecule has 1 unspecified atom stereocenters. The number of phenols is 1. The van der Waals surface area contributed by atoms with E-state index in [4.69, 9.17) is 9.47 Å². The van der Waals surface area contributed by atoms with Gasteiger partial charge in [0.1, 0.15) is 5.75 Å². The van der Waals surface area contributed by atoms with Crippen molar-refractivity contribution in [1.29, 1.82) is 0 Å².